The molecule has 0 saturated heterocycles. The number of nitrogens with zero attached hydrogens (tertiary/aromatic N) is 3. The molecule has 0 aliphatic heterocycles. The van der Waals surface area contributed by atoms with Gasteiger partial charge in [-0.15, -0.1) is 11.3 Å². The van der Waals surface area contributed by atoms with Crippen molar-refractivity contribution >= 4 is 33.3 Å². The summed E-state index contributed by atoms with van der Waals surface area (Å²) in [7, 11) is 0. The van der Waals surface area contributed by atoms with Gasteiger partial charge in [-0.2, -0.15) is 0 Å². The van der Waals surface area contributed by atoms with Gasteiger partial charge in [-0.3, -0.25) is 9.78 Å². The first-order chi connectivity index (χ1) is 14.7. The SMILES string of the molecule is Cc1c(C(=O)NC[C@H]2C[C@@H]3C=C[C@H]2C3)sc2ncnc(NCCc3ccccn3)c12. The van der Waals surface area contributed by atoms with Crippen molar-refractivity contribution in [1.29, 1.82) is 0 Å². The lowest BCUT2D eigenvalue weighted by atomic mass is 9.93. The van der Waals surface area contributed by atoms with Gasteiger partial charge < -0.3 is 10.6 Å². The lowest BCUT2D eigenvalue weighted by Gasteiger charge is -2.18. The fourth-order valence-corrected chi connectivity index (χ4v) is 5.78. The quantitative estimate of drug-likeness (QED) is 0.566. The largest absolute Gasteiger partial charge is 0.369 e. The molecule has 5 rings (SSSR count). The van der Waals surface area contributed by atoms with E-state index in [1.165, 1.54) is 24.2 Å². The van der Waals surface area contributed by atoms with Crippen molar-refractivity contribution in [1.82, 2.24) is 20.3 Å². The van der Waals surface area contributed by atoms with Gasteiger partial charge in [0.2, 0.25) is 0 Å². The number of nitrogens with one attached hydrogen (secondary N) is 2. The third kappa shape index (κ3) is 3.69. The molecule has 2 aliphatic carbocycles. The van der Waals surface area contributed by atoms with E-state index in [-0.39, 0.29) is 5.91 Å². The molecular weight excluding hydrogens is 394 g/mol. The number of hydrogen-bond donors (Lipinski definition) is 2. The van der Waals surface area contributed by atoms with Crippen LogP contribution in [0.25, 0.3) is 10.2 Å². The average Bonchev–Trinajstić information content (AvgIpc) is 3.48. The van der Waals surface area contributed by atoms with Gasteiger partial charge in [0.15, 0.2) is 0 Å². The maximum absolute atomic E-state index is 12.9. The van der Waals surface area contributed by atoms with Crippen molar-refractivity contribution in [3.05, 3.63) is 59.0 Å². The summed E-state index contributed by atoms with van der Waals surface area (Å²) in [6, 6.07) is 5.92. The van der Waals surface area contributed by atoms with Crippen molar-refractivity contribution in [3.8, 4) is 0 Å². The molecule has 1 fully saturated rings. The highest BCUT2D eigenvalue weighted by atomic mass is 32.1. The lowest BCUT2D eigenvalue weighted by molar-refractivity contribution is 0.0948. The minimum Gasteiger partial charge on any atom is -0.369 e. The van der Waals surface area contributed by atoms with E-state index in [4.69, 9.17) is 0 Å². The Morgan fingerprint density at radius 3 is 2.90 bits per heavy atom. The van der Waals surface area contributed by atoms with Crippen LogP contribution in [0.4, 0.5) is 5.82 Å². The number of aromatic nitrogens is 3. The Kier molecular flexibility index (Phi) is 5.21. The van der Waals surface area contributed by atoms with Crippen LogP contribution < -0.4 is 10.6 Å². The molecule has 0 spiro atoms. The molecule has 2 aliphatic rings. The number of carbonyl (C=O) groups is 1. The fraction of sp³-hybridized carbons (Fsp3) is 0.391. The summed E-state index contributed by atoms with van der Waals surface area (Å²) in [6.07, 6.45) is 11.3. The molecule has 3 atom stereocenters. The van der Waals surface area contributed by atoms with Crippen LogP contribution in [0.15, 0.2) is 42.9 Å². The number of hydrogen-bond acceptors (Lipinski definition) is 6. The standard InChI is InChI=1S/C23H25N5OS/c1-14-19-21(25-9-7-18-4-2-3-8-24-18)27-13-28-23(19)30-20(14)22(29)26-12-17-11-15-5-6-16(17)10-15/h2-6,8,13,15-17H,7,9-12H2,1H3,(H,26,29)(H,25,27,28)/t15-,16+,17-/m1/s1. The number of pyridine rings is 1. The van der Waals surface area contributed by atoms with Gasteiger partial charge in [-0.05, 0) is 55.2 Å². The molecule has 2 bridgehead atoms. The Hall–Kier alpha value is -2.80. The number of amides is 1. The van der Waals surface area contributed by atoms with Crippen LogP contribution in [-0.2, 0) is 6.42 Å². The van der Waals surface area contributed by atoms with Crippen LogP contribution in [-0.4, -0.2) is 33.9 Å². The molecule has 7 heteroatoms. The highest BCUT2D eigenvalue weighted by molar-refractivity contribution is 7.20. The van der Waals surface area contributed by atoms with Crippen LogP contribution in [0.5, 0.6) is 0 Å². The minimum atomic E-state index is 0.00156. The molecule has 0 radical (unpaired) electrons. The van der Waals surface area contributed by atoms with Crippen molar-refractivity contribution in [2.45, 2.75) is 26.2 Å². The summed E-state index contributed by atoms with van der Waals surface area (Å²) in [5, 5.41) is 7.51. The summed E-state index contributed by atoms with van der Waals surface area (Å²) in [5.41, 5.74) is 1.98. The van der Waals surface area contributed by atoms with Gasteiger partial charge in [0.05, 0.1) is 10.3 Å². The van der Waals surface area contributed by atoms with Gasteiger partial charge in [0.25, 0.3) is 5.91 Å². The molecule has 1 saturated carbocycles. The molecule has 3 aromatic rings. The number of rotatable bonds is 7. The third-order valence-electron chi connectivity index (χ3n) is 6.27. The molecule has 3 aromatic heterocycles. The molecule has 154 valence electrons. The summed E-state index contributed by atoms with van der Waals surface area (Å²) in [6.45, 7) is 3.46. The Morgan fingerprint density at radius 1 is 1.20 bits per heavy atom. The molecular formula is C23H25N5OS. The second-order valence-corrected chi connectivity index (χ2v) is 9.21. The zero-order valence-electron chi connectivity index (χ0n) is 17.0. The van der Waals surface area contributed by atoms with Gasteiger partial charge in [-0.25, -0.2) is 9.97 Å². The van der Waals surface area contributed by atoms with E-state index in [1.807, 2.05) is 25.1 Å². The topological polar surface area (TPSA) is 79.8 Å². The second kappa shape index (κ2) is 8.14. The Labute approximate surface area is 179 Å². The van der Waals surface area contributed by atoms with Crippen LogP contribution in [0.3, 0.4) is 0 Å². The zero-order chi connectivity index (χ0) is 20.5. The first kappa shape index (κ1) is 19.2. The maximum Gasteiger partial charge on any atom is 0.261 e. The number of thiophene rings is 1. The normalized spacial score (nSPS) is 22.0. The predicted molar refractivity (Wildman–Crippen MR) is 120 cm³/mol. The summed E-state index contributed by atoms with van der Waals surface area (Å²) >= 11 is 1.44. The summed E-state index contributed by atoms with van der Waals surface area (Å²) < 4.78 is 0. The van der Waals surface area contributed by atoms with E-state index in [9.17, 15) is 4.79 Å². The molecule has 0 aromatic carbocycles. The number of aryl methyl sites for hydroxylation is 1. The molecule has 3 heterocycles. The zero-order valence-corrected chi connectivity index (χ0v) is 17.8. The maximum atomic E-state index is 12.9. The second-order valence-electron chi connectivity index (χ2n) is 8.21. The molecule has 6 nitrogen and oxygen atoms in total. The summed E-state index contributed by atoms with van der Waals surface area (Å²) in [5.74, 6) is 2.71. The molecule has 2 N–H and O–H groups in total. The Morgan fingerprint density at radius 2 is 2.13 bits per heavy atom. The van der Waals surface area contributed by atoms with Crippen LogP contribution >= 0.6 is 11.3 Å². The fourth-order valence-electron chi connectivity index (χ4n) is 4.71. The van der Waals surface area contributed by atoms with Gasteiger partial charge in [-0.1, -0.05) is 18.2 Å². The van der Waals surface area contributed by atoms with Crippen LogP contribution in [0, 0.1) is 24.7 Å². The Bertz CT molecular complexity index is 1090. The first-order valence-electron chi connectivity index (χ1n) is 10.5. The smallest absolute Gasteiger partial charge is 0.261 e. The minimum absolute atomic E-state index is 0.00156. The molecule has 1 amide bonds. The summed E-state index contributed by atoms with van der Waals surface area (Å²) in [4.78, 5) is 27.7. The monoisotopic (exact) mass is 419 g/mol. The van der Waals surface area contributed by atoms with Crippen molar-refractivity contribution in [2.24, 2.45) is 17.8 Å². The number of fused-ring (bicyclic) bond motifs is 3. The van der Waals surface area contributed by atoms with Gasteiger partial charge in [0, 0.05) is 31.4 Å². The molecule has 30 heavy (non-hydrogen) atoms. The van der Waals surface area contributed by atoms with E-state index in [0.717, 1.165) is 57.6 Å². The van der Waals surface area contributed by atoms with Crippen molar-refractivity contribution in [3.63, 3.8) is 0 Å². The predicted octanol–water partition coefficient (Wildman–Crippen LogP) is 3.99. The van der Waals surface area contributed by atoms with Crippen molar-refractivity contribution in [2.75, 3.05) is 18.4 Å². The molecule has 0 unspecified atom stereocenters. The average molecular weight is 420 g/mol. The first-order valence-corrected chi connectivity index (χ1v) is 11.3. The number of allylic oxidation sites excluding steroid dienone is 2. The van der Waals surface area contributed by atoms with Crippen LogP contribution in [0.1, 0.15) is 33.8 Å². The van der Waals surface area contributed by atoms with E-state index in [2.05, 4.69) is 37.7 Å². The van der Waals surface area contributed by atoms with E-state index < -0.39 is 0 Å². The highest BCUT2D eigenvalue weighted by Crippen LogP contribution is 2.43. The van der Waals surface area contributed by atoms with E-state index in [0.29, 0.717) is 11.8 Å². The van der Waals surface area contributed by atoms with Crippen LogP contribution in [0.2, 0.25) is 0 Å². The van der Waals surface area contributed by atoms with Crippen molar-refractivity contribution < 1.29 is 4.79 Å². The van der Waals surface area contributed by atoms with E-state index in [1.54, 1.807) is 12.5 Å². The Balaban J connectivity index is 1.28. The highest BCUT2D eigenvalue weighted by Gasteiger charge is 2.35. The van der Waals surface area contributed by atoms with Gasteiger partial charge >= 0.3 is 0 Å². The van der Waals surface area contributed by atoms with E-state index >= 15 is 0 Å². The lowest BCUT2D eigenvalue weighted by Crippen LogP contribution is -2.30. The third-order valence-corrected chi connectivity index (χ3v) is 7.47. The number of carbonyl (C=O) groups excluding carboxylic acids is 1. The van der Waals surface area contributed by atoms with Gasteiger partial charge in [0.1, 0.15) is 17.0 Å². The number of anilines is 1.